The highest BCUT2D eigenvalue weighted by Gasteiger charge is 2.55. The number of rotatable bonds is 2. The van der Waals surface area contributed by atoms with Gasteiger partial charge in [-0.15, -0.1) is 11.6 Å². The van der Waals surface area contributed by atoms with Crippen LogP contribution in [-0.4, -0.2) is 35.5 Å². The molecule has 0 aromatic heterocycles. The van der Waals surface area contributed by atoms with Crippen LogP contribution in [0, 0.1) is 11.8 Å². The molecule has 6 heteroatoms. The van der Waals surface area contributed by atoms with E-state index < -0.39 is 11.9 Å². The average Bonchev–Trinajstić information content (AvgIpc) is 2.85. The minimum Gasteiger partial charge on any atom is -0.466 e. The minimum atomic E-state index is -0.466. The molecule has 2 bridgehead atoms. The van der Waals surface area contributed by atoms with Crippen LogP contribution in [0.1, 0.15) is 6.42 Å². The maximum absolute atomic E-state index is 11.8. The van der Waals surface area contributed by atoms with Gasteiger partial charge in [0, 0.05) is 15.8 Å². The molecule has 4 atom stereocenters. The molecule has 0 saturated heterocycles. The summed E-state index contributed by atoms with van der Waals surface area (Å²) in [6.45, 7) is 0. The third kappa shape index (κ3) is 1.87. The maximum atomic E-state index is 11.8. The van der Waals surface area contributed by atoms with E-state index in [1.165, 1.54) is 14.2 Å². The van der Waals surface area contributed by atoms with Crippen molar-refractivity contribution < 1.29 is 19.1 Å². The van der Waals surface area contributed by atoms with Gasteiger partial charge in [-0.25, -0.2) is 9.59 Å². The van der Waals surface area contributed by atoms with Gasteiger partial charge in [-0.2, -0.15) is 0 Å². The fourth-order valence-electron chi connectivity index (χ4n) is 2.67. The molecule has 94 valence electrons. The van der Waals surface area contributed by atoms with E-state index >= 15 is 0 Å². The number of ether oxygens (including phenoxy) is 2. The quantitative estimate of drug-likeness (QED) is 0.422. The first-order valence-electron chi connectivity index (χ1n) is 5.21. The molecule has 2 aliphatic carbocycles. The third-order valence-electron chi connectivity index (χ3n) is 3.42. The Kier molecular flexibility index (Phi) is 3.68. The van der Waals surface area contributed by atoms with Crippen molar-refractivity contribution in [2.75, 3.05) is 14.2 Å². The summed E-state index contributed by atoms with van der Waals surface area (Å²) in [4.78, 5) is 23.5. The van der Waals surface area contributed by atoms with Gasteiger partial charge in [0.25, 0.3) is 0 Å². The van der Waals surface area contributed by atoms with Crippen LogP contribution in [0.25, 0.3) is 0 Å². The molecule has 2 aliphatic rings. The first kappa shape index (κ1) is 13.1. The standard InChI is InChI=1S/C11H12ClIO4/c1-16-10(14)6-4-3-5(9(13)8(4)12)7(6)11(15)17-2/h4-5,8-9H,3H2,1-2H3. The number of hydrogen-bond donors (Lipinski definition) is 0. The third-order valence-corrected chi connectivity index (χ3v) is 6.07. The highest BCUT2D eigenvalue weighted by atomic mass is 127. The monoisotopic (exact) mass is 370 g/mol. The summed E-state index contributed by atoms with van der Waals surface area (Å²) >= 11 is 8.50. The average molecular weight is 371 g/mol. The van der Waals surface area contributed by atoms with Crippen molar-refractivity contribution in [3.8, 4) is 0 Å². The van der Waals surface area contributed by atoms with E-state index in [2.05, 4.69) is 22.6 Å². The van der Waals surface area contributed by atoms with Crippen molar-refractivity contribution in [3.05, 3.63) is 11.1 Å². The number of alkyl halides is 2. The first-order valence-corrected chi connectivity index (χ1v) is 6.90. The Morgan fingerprint density at radius 1 is 1.18 bits per heavy atom. The summed E-state index contributed by atoms with van der Waals surface area (Å²) in [5.74, 6) is -0.996. The van der Waals surface area contributed by atoms with Crippen molar-refractivity contribution in [1.29, 1.82) is 0 Å². The number of carbonyl (C=O) groups is 2. The first-order chi connectivity index (χ1) is 8.02. The van der Waals surface area contributed by atoms with Crippen molar-refractivity contribution >= 4 is 46.1 Å². The number of fused-ring (bicyclic) bond motifs is 2. The Hall–Kier alpha value is -0.300. The second-order valence-corrected chi connectivity index (χ2v) is 6.09. The summed E-state index contributed by atoms with van der Waals surface area (Å²) in [5, 5.41) is -0.122. The topological polar surface area (TPSA) is 52.6 Å². The van der Waals surface area contributed by atoms with Crippen molar-refractivity contribution in [3.63, 3.8) is 0 Å². The summed E-state index contributed by atoms with van der Waals surface area (Å²) in [6, 6.07) is 0. The van der Waals surface area contributed by atoms with E-state index in [4.69, 9.17) is 21.1 Å². The van der Waals surface area contributed by atoms with Crippen LogP contribution in [0.5, 0.6) is 0 Å². The van der Waals surface area contributed by atoms with Gasteiger partial charge in [0.15, 0.2) is 0 Å². The lowest BCUT2D eigenvalue weighted by molar-refractivity contribution is -0.139. The van der Waals surface area contributed by atoms with Gasteiger partial charge in [0.2, 0.25) is 0 Å². The predicted octanol–water partition coefficient (Wildman–Crippen LogP) is 1.69. The van der Waals surface area contributed by atoms with E-state index in [1.54, 1.807) is 0 Å². The van der Waals surface area contributed by atoms with E-state index in [1.807, 2.05) is 0 Å². The molecule has 1 saturated carbocycles. The van der Waals surface area contributed by atoms with Crippen molar-refractivity contribution in [1.82, 2.24) is 0 Å². The summed E-state index contributed by atoms with van der Waals surface area (Å²) in [7, 11) is 2.62. The van der Waals surface area contributed by atoms with Gasteiger partial charge in [-0.05, 0) is 6.42 Å². The lowest BCUT2D eigenvalue weighted by Gasteiger charge is -2.24. The molecule has 0 aromatic rings. The van der Waals surface area contributed by atoms with Gasteiger partial charge < -0.3 is 9.47 Å². The van der Waals surface area contributed by atoms with E-state index in [-0.39, 0.29) is 21.1 Å². The molecule has 0 amide bonds. The molecule has 2 rings (SSSR count). The van der Waals surface area contributed by atoms with Gasteiger partial charge in [-0.1, -0.05) is 22.6 Å². The SMILES string of the molecule is COC(=O)C1=C(C(=O)OC)C2CC1C(Cl)C2I. The highest BCUT2D eigenvalue weighted by molar-refractivity contribution is 14.1. The fraction of sp³-hybridized carbons (Fsp3) is 0.636. The maximum Gasteiger partial charge on any atom is 0.334 e. The molecule has 0 aromatic carbocycles. The van der Waals surface area contributed by atoms with E-state index in [9.17, 15) is 9.59 Å². The van der Waals surface area contributed by atoms with Crippen molar-refractivity contribution in [2.24, 2.45) is 11.8 Å². The number of carbonyl (C=O) groups excluding carboxylic acids is 2. The zero-order valence-corrected chi connectivity index (χ0v) is 12.3. The van der Waals surface area contributed by atoms with E-state index in [0.29, 0.717) is 11.1 Å². The second kappa shape index (κ2) is 4.76. The van der Waals surface area contributed by atoms with Gasteiger partial charge in [0.05, 0.1) is 30.7 Å². The molecule has 0 radical (unpaired) electrons. The Labute approximate surface area is 118 Å². The van der Waals surface area contributed by atoms with Crippen LogP contribution in [0.3, 0.4) is 0 Å². The molecule has 4 unspecified atom stereocenters. The molecule has 0 spiro atoms. The predicted molar refractivity (Wildman–Crippen MR) is 70.1 cm³/mol. The zero-order chi connectivity index (χ0) is 12.7. The van der Waals surface area contributed by atoms with Crippen LogP contribution in [0.4, 0.5) is 0 Å². The van der Waals surface area contributed by atoms with Crippen LogP contribution >= 0.6 is 34.2 Å². The Bertz CT molecular complexity index is 370. The lowest BCUT2D eigenvalue weighted by Crippen LogP contribution is -2.31. The molecule has 0 heterocycles. The van der Waals surface area contributed by atoms with Gasteiger partial charge in [0.1, 0.15) is 0 Å². The molecular formula is C11H12ClIO4. The Morgan fingerprint density at radius 2 is 1.65 bits per heavy atom. The Balaban J connectivity index is 2.47. The largest absolute Gasteiger partial charge is 0.466 e. The molecule has 4 nitrogen and oxygen atoms in total. The number of esters is 2. The minimum absolute atomic E-state index is 0.00431. The van der Waals surface area contributed by atoms with Crippen LogP contribution in [0.2, 0.25) is 0 Å². The fourth-order valence-corrected chi connectivity index (χ4v) is 4.23. The van der Waals surface area contributed by atoms with Gasteiger partial charge in [-0.3, -0.25) is 0 Å². The summed E-state index contributed by atoms with van der Waals surface area (Å²) in [5.41, 5.74) is 0.873. The van der Waals surface area contributed by atoms with Crippen LogP contribution in [-0.2, 0) is 19.1 Å². The lowest BCUT2D eigenvalue weighted by atomic mass is 9.91. The summed E-state index contributed by atoms with van der Waals surface area (Å²) < 4.78 is 9.63. The molecule has 1 fully saturated rings. The normalized spacial score (nSPS) is 35.1. The number of halogens is 2. The highest BCUT2D eigenvalue weighted by Crippen LogP contribution is 2.54. The molecule has 17 heavy (non-hydrogen) atoms. The molecule has 0 aliphatic heterocycles. The number of hydrogen-bond acceptors (Lipinski definition) is 4. The van der Waals surface area contributed by atoms with Crippen LogP contribution < -0.4 is 0 Å². The smallest absolute Gasteiger partial charge is 0.334 e. The zero-order valence-electron chi connectivity index (χ0n) is 9.41. The molecular weight excluding hydrogens is 358 g/mol. The van der Waals surface area contributed by atoms with E-state index in [0.717, 1.165) is 6.42 Å². The second-order valence-electron chi connectivity index (χ2n) is 4.15. The summed E-state index contributed by atoms with van der Waals surface area (Å²) in [6.07, 6.45) is 0.733. The number of methoxy groups -OCH3 is 2. The Morgan fingerprint density at radius 3 is 2.12 bits per heavy atom. The van der Waals surface area contributed by atoms with Crippen molar-refractivity contribution in [2.45, 2.75) is 15.7 Å². The molecule has 0 N–H and O–H groups in total. The van der Waals surface area contributed by atoms with Crippen LogP contribution in [0.15, 0.2) is 11.1 Å². The van der Waals surface area contributed by atoms with Gasteiger partial charge >= 0.3 is 11.9 Å².